The van der Waals surface area contributed by atoms with Gasteiger partial charge in [0.1, 0.15) is 0 Å². The fraction of sp³-hybridized carbons (Fsp3) is 0.800. The summed E-state index contributed by atoms with van der Waals surface area (Å²) in [6.07, 6.45) is 3.18. The SMILES string of the molecule is CC(C)N1CCC1C(=O)N1C[CH]C1. The largest absolute Gasteiger partial charge is 0.341 e. The molecule has 0 aromatic heterocycles. The summed E-state index contributed by atoms with van der Waals surface area (Å²) in [7, 11) is 0. The number of carbonyl (C=O) groups is 1. The first kappa shape index (κ1) is 9.00. The molecule has 0 aromatic carbocycles. The van der Waals surface area contributed by atoms with Crippen LogP contribution in [0.3, 0.4) is 0 Å². The molecule has 0 bridgehead atoms. The van der Waals surface area contributed by atoms with Crippen LogP contribution in [0.15, 0.2) is 0 Å². The van der Waals surface area contributed by atoms with Crippen molar-refractivity contribution in [2.24, 2.45) is 0 Å². The predicted octanol–water partition coefficient (Wildman–Crippen LogP) is 0.516. The van der Waals surface area contributed by atoms with Crippen molar-refractivity contribution in [3.8, 4) is 0 Å². The topological polar surface area (TPSA) is 23.6 Å². The lowest BCUT2D eigenvalue weighted by atomic mass is 9.98. The van der Waals surface area contributed by atoms with Gasteiger partial charge in [-0.15, -0.1) is 0 Å². The molecule has 0 spiro atoms. The standard InChI is InChI=1S/C10H17N2O/c1-8(2)12-7-4-9(12)10(13)11-5-3-6-11/h3,8-9H,4-7H2,1-2H3. The lowest BCUT2D eigenvalue weighted by Gasteiger charge is -2.46. The minimum Gasteiger partial charge on any atom is -0.341 e. The zero-order valence-corrected chi connectivity index (χ0v) is 8.36. The van der Waals surface area contributed by atoms with Crippen LogP contribution in [0.2, 0.25) is 0 Å². The highest BCUT2D eigenvalue weighted by Crippen LogP contribution is 2.23. The summed E-state index contributed by atoms with van der Waals surface area (Å²) < 4.78 is 0. The summed E-state index contributed by atoms with van der Waals surface area (Å²) in [6.45, 7) is 7.12. The zero-order valence-electron chi connectivity index (χ0n) is 8.36. The molecule has 3 heteroatoms. The van der Waals surface area contributed by atoms with Gasteiger partial charge in [0.2, 0.25) is 5.91 Å². The molecule has 1 unspecified atom stereocenters. The molecule has 2 aliphatic rings. The fourth-order valence-corrected chi connectivity index (χ4v) is 1.94. The van der Waals surface area contributed by atoms with Crippen molar-refractivity contribution in [3.05, 3.63) is 6.42 Å². The first-order valence-electron chi connectivity index (χ1n) is 5.06. The molecule has 73 valence electrons. The minimum absolute atomic E-state index is 0.189. The molecule has 0 aliphatic carbocycles. The normalized spacial score (nSPS) is 28.5. The van der Waals surface area contributed by atoms with Crippen LogP contribution in [0, 0.1) is 6.42 Å². The van der Waals surface area contributed by atoms with Crippen molar-refractivity contribution in [3.63, 3.8) is 0 Å². The average Bonchev–Trinajstić information content (AvgIpc) is 1.76. The summed E-state index contributed by atoms with van der Waals surface area (Å²) in [6, 6.07) is 0.696. The highest BCUT2D eigenvalue weighted by atomic mass is 16.2. The Hall–Kier alpha value is -0.570. The van der Waals surface area contributed by atoms with Gasteiger partial charge < -0.3 is 4.90 Å². The van der Waals surface area contributed by atoms with E-state index in [-0.39, 0.29) is 6.04 Å². The van der Waals surface area contributed by atoms with E-state index in [2.05, 4.69) is 25.2 Å². The lowest BCUT2D eigenvalue weighted by Crippen LogP contribution is -2.61. The van der Waals surface area contributed by atoms with E-state index >= 15 is 0 Å². The second kappa shape index (κ2) is 3.29. The number of hydrogen-bond donors (Lipinski definition) is 0. The van der Waals surface area contributed by atoms with E-state index in [1.54, 1.807) is 0 Å². The van der Waals surface area contributed by atoms with Gasteiger partial charge in [0, 0.05) is 32.1 Å². The molecular weight excluding hydrogens is 164 g/mol. The highest BCUT2D eigenvalue weighted by Gasteiger charge is 2.39. The number of amides is 1. The molecule has 1 radical (unpaired) electrons. The van der Waals surface area contributed by atoms with E-state index in [9.17, 15) is 4.79 Å². The van der Waals surface area contributed by atoms with Gasteiger partial charge in [-0.1, -0.05) is 0 Å². The van der Waals surface area contributed by atoms with Gasteiger partial charge in [-0.2, -0.15) is 0 Å². The molecular formula is C10H17N2O. The Morgan fingerprint density at radius 1 is 1.46 bits per heavy atom. The van der Waals surface area contributed by atoms with E-state index in [1.165, 1.54) is 0 Å². The number of likely N-dealkylation sites (tertiary alicyclic amines) is 2. The maximum Gasteiger partial charge on any atom is 0.240 e. The van der Waals surface area contributed by atoms with Crippen LogP contribution < -0.4 is 0 Å². The second-order valence-corrected chi connectivity index (χ2v) is 4.17. The van der Waals surface area contributed by atoms with E-state index in [0.717, 1.165) is 26.1 Å². The number of nitrogens with zero attached hydrogens (tertiary/aromatic N) is 2. The molecule has 2 fully saturated rings. The molecule has 0 aromatic rings. The van der Waals surface area contributed by atoms with Crippen molar-refractivity contribution >= 4 is 5.91 Å². The molecule has 2 aliphatic heterocycles. The molecule has 3 nitrogen and oxygen atoms in total. The second-order valence-electron chi connectivity index (χ2n) is 4.17. The Morgan fingerprint density at radius 2 is 2.15 bits per heavy atom. The van der Waals surface area contributed by atoms with E-state index in [0.29, 0.717) is 11.9 Å². The molecule has 1 atom stereocenters. The van der Waals surface area contributed by atoms with Gasteiger partial charge >= 0.3 is 0 Å². The smallest absolute Gasteiger partial charge is 0.240 e. The van der Waals surface area contributed by atoms with Crippen molar-refractivity contribution in [2.45, 2.75) is 32.4 Å². The van der Waals surface area contributed by atoms with Crippen LogP contribution in [0.1, 0.15) is 20.3 Å². The molecule has 2 saturated heterocycles. The number of rotatable bonds is 2. The van der Waals surface area contributed by atoms with Gasteiger partial charge in [-0.05, 0) is 20.3 Å². The Balaban J connectivity index is 1.89. The lowest BCUT2D eigenvalue weighted by molar-refractivity contribution is -0.144. The van der Waals surface area contributed by atoms with E-state index < -0.39 is 0 Å². The van der Waals surface area contributed by atoms with E-state index in [4.69, 9.17) is 0 Å². The van der Waals surface area contributed by atoms with E-state index in [1.807, 2.05) is 4.90 Å². The maximum atomic E-state index is 11.8. The maximum absolute atomic E-state index is 11.8. The fourth-order valence-electron chi connectivity index (χ4n) is 1.94. The first-order valence-corrected chi connectivity index (χ1v) is 5.06. The summed E-state index contributed by atoms with van der Waals surface area (Å²) in [5, 5.41) is 0. The number of hydrogen-bond acceptors (Lipinski definition) is 2. The van der Waals surface area contributed by atoms with Crippen molar-refractivity contribution in [1.29, 1.82) is 0 Å². The van der Waals surface area contributed by atoms with Gasteiger partial charge in [-0.3, -0.25) is 9.69 Å². The van der Waals surface area contributed by atoms with Crippen LogP contribution in [0.25, 0.3) is 0 Å². The van der Waals surface area contributed by atoms with Crippen LogP contribution >= 0.6 is 0 Å². The predicted molar refractivity (Wildman–Crippen MR) is 51.1 cm³/mol. The van der Waals surface area contributed by atoms with Crippen LogP contribution in [0.5, 0.6) is 0 Å². The first-order chi connectivity index (χ1) is 6.20. The van der Waals surface area contributed by atoms with Gasteiger partial charge in [0.05, 0.1) is 6.04 Å². The zero-order chi connectivity index (χ0) is 9.42. The molecule has 2 rings (SSSR count). The van der Waals surface area contributed by atoms with Crippen molar-refractivity contribution < 1.29 is 4.79 Å². The van der Waals surface area contributed by atoms with Crippen LogP contribution in [-0.2, 0) is 4.79 Å². The third-order valence-electron chi connectivity index (χ3n) is 3.02. The summed E-state index contributed by atoms with van der Waals surface area (Å²) in [5.41, 5.74) is 0. The van der Waals surface area contributed by atoms with Crippen LogP contribution in [0.4, 0.5) is 0 Å². The van der Waals surface area contributed by atoms with Gasteiger partial charge in [0.25, 0.3) is 0 Å². The van der Waals surface area contributed by atoms with Crippen molar-refractivity contribution in [1.82, 2.24) is 9.80 Å². The van der Waals surface area contributed by atoms with Gasteiger partial charge in [0.15, 0.2) is 0 Å². The third-order valence-corrected chi connectivity index (χ3v) is 3.02. The highest BCUT2D eigenvalue weighted by molar-refractivity contribution is 5.83. The Kier molecular flexibility index (Phi) is 2.28. The minimum atomic E-state index is 0.189. The van der Waals surface area contributed by atoms with Crippen LogP contribution in [-0.4, -0.2) is 47.4 Å². The number of carbonyl (C=O) groups excluding carboxylic acids is 1. The third kappa shape index (κ3) is 1.46. The summed E-state index contributed by atoms with van der Waals surface area (Å²) in [5.74, 6) is 0.336. The Bertz CT molecular complexity index is 211. The molecule has 1 amide bonds. The van der Waals surface area contributed by atoms with Gasteiger partial charge in [-0.25, -0.2) is 0 Å². The molecule has 2 heterocycles. The molecule has 0 N–H and O–H groups in total. The monoisotopic (exact) mass is 181 g/mol. The van der Waals surface area contributed by atoms with Crippen molar-refractivity contribution in [2.75, 3.05) is 19.6 Å². The summed E-state index contributed by atoms with van der Waals surface area (Å²) >= 11 is 0. The Morgan fingerprint density at radius 3 is 2.46 bits per heavy atom. The molecule has 13 heavy (non-hydrogen) atoms. The summed E-state index contributed by atoms with van der Waals surface area (Å²) in [4.78, 5) is 16.0. The molecule has 0 saturated carbocycles. The quantitative estimate of drug-likeness (QED) is 0.620. The Labute approximate surface area is 79.7 Å². The average molecular weight is 181 g/mol.